The molecule has 138 valence electrons. The lowest BCUT2D eigenvalue weighted by Crippen LogP contribution is -2.54. The average molecular weight is 426 g/mol. The van der Waals surface area contributed by atoms with Gasteiger partial charge in [0.1, 0.15) is 11.3 Å². The lowest BCUT2D eigenvalue weighted by Gasteiger charge is -2.26. The minimum Gasteiger partial charge on any atom is -0.497 e. The van der Waals surface area contributed by atoms with Crippen LogP contribution in [0.5, 0.6) is 5.75 Å². The van der Waals surface area contributed by atoms with Crippen molar-refractivity contribution in [1.82, 2.24) is 5.32 Å². The minimum atomic E-state index is -0.885. The van der Waals surface area contributed by atoms with Gasteiger partial charge < -0.3 is 4.74 Å². The quantitative estimate of drug-likeness (QED) is 0.587. The van der Waals surface area contributed by atoms with Crippen molar-refractivity contribution in [3.05, 3.63) is 62.6 Å². The number of ether oxygens (including phenoxy) is 1. The van der Waals surface area contributed by atoms with Gasteiger partial charge in [0.15, 0.2) is 0 Å². The van der Waals surface area contributed by atoms with Gasteiger partial charge in [-0.2, -0.15) is 0 Å². The Morgan fingerprint density at radius 2 is 1.74 bits per heavy atom. The number of urea groups is 1. The molecule has 0 aromatic heterocycles. The smallest absolute Gasteiger partial charge is 0.335 e. The van der Waals surface area contributed by atoms with Gasteiger partial charge in [-0.05, 0) is 48.0 Å². The number of carbonyl (C=O) groups is 3. The van der Waals surface area contributed by atoms with Crippen molar-refractivity contribution in [2.45, 2.75) is 0 Å². The van der Waals surface area contributed by atoms with Gasteiger partial charge in [0.2, 0.25) is 0 Å². The number of carbonyl (C=O) groups excluding carboxylic acids is 3. The predicted octanol–water partition coefficient (Wildman–Crippen LogP) is 4.32. The van der Waals surface area contributed by atoms with Crippen LogP contribution in [0.2, 0.25) is 15.1 Å². The Balaban J connectivity index is 2.04. The highest BCUT2D eigenvalue weighted by molar-refractivity contribution is 6.43. The zero-order chi connectivity index (χ0) is 19.7. The maximum atomic E-state index is 12.8. The van der Waals surface area contributed by atoms with Gasteiger partial charge in [0, 0.05) is 5.02 Å². The Hall–Kier alpha value is -2.54. The molecule has 1 aliphatic heterocycles. The second kappa shape index (κ2) is 7.60. The first kappa shape index (κ1) is 19.2. The number of methoxy groups -OCH3 is 1. The third-order valence-corrected chi connectivity index (χ3v) is 4.66. The summed E-state index contributed by atoms with van der Waals surface area (Å²) in [4.78, 5) is 38.0. The van der Waals surface area contributed by atoms with Gasteiger partial charge >= 0.3 is 6.03 Å². The van der Waals surface area contributed by atoms with Crippen LogP contribution in [0.15, 0.2) is 42.0 Å². The molecule has 2 aromatic carbocycles. The van der Waals surface area contributed by atoms with Crippen LogP contribution in [-0.4, -0.2) is 25.0 Å². The average Bonchev–Trinajstić information content (AvgIpc) is 2.61. The van der Waals surface area contributed by atoms with E-state index in [0.717, 1.165) is 4.90 Å². The number of benzene rings is 2. The maximum Gasteiger partial charge on any atom is 0.335 e. The zero-order valence-electron chi connectivity index (χ0n) is 13.8. The molecular formula is C18H11Cl3N2O4. The van der Waals surface area contributed by atoms with Crippen LogP contribution in [0.3, 0.4) is 0 Å². The first-order chi connectivity index (χ1) is 12.8. The highest BCUT2D eigenvalue weighted by Crippen LogP contribution is 2.30. The van der Waals surface area contributed by atoms with Crippen LogP contribution in [0.1, 0.15) is 5.56 Å². The molecule has 0 saturated carbocycles. The summed E-state index contributed by atoms with van der Waals surface area (Å²) < 4.78 is 5.12. The first-order valence-electron chi connectivity index (χ1n) is 7.51. The highest BCUT2D eigenvalue weighted by Gasteiger charge is 2.37. The molecule has 6 nitrogen and oxygen atoms in total. The van der Waals surface area contributed by atoms with E-state index in [1.165, 1.54) is 31.4 Å². The van der Waals surface area contributed by atoms with E-state index < -0.39 is 17.8 Å². The number of nitrogens with zero attached hydrogens (tertiary/aromatic N) is 1. The molecule has 3 rings (SSSR count). The second-order valence-electron chi connectivity index (χ2n) is 5.48. The monoisotopic (exact) mass is 424 g/mol. The molecule has 0 spiro atoms. The van der Waals surface area contributed by atoms with E-state index in [1.807, 2.05) is 0 Å². The van der Waals surface area contributed by atoms with Crippen molar-refractivity contribution >= 4 is 64.4 Å². The van der Waals surface area contributed by atoms with Crippen molar-refractivity contribution in [2.75, 3.05) is 12.0 Å². The van der Waals surface area contributed by atoms with E-state index in [4.69, 9.17) is 39.5 Å². The van der Waals surface area contributed by atoms with Crippen molar-refractivity contribution in [3.8, 4) is 5.75 Å². The van der Waals surface area contributed by atoms with Crippen molar-refractivity contribution in [3.63, 3.8) is 0 Å². The molecule has 0 bridgehead atoms. The predicted molar refractivity (Wildman–Crippen MR) is 103 cm³/mol. The van der Waals surface area contributed by atoms with E-state index in [2.05, 4.69) is 5.32 Å². The summed E-state index contributed by atoms with van der Waals surface area (Å²) in [6.45, 7) is 0. The molecule has 1 fully saturated rings. The highest BCUT2D eigenvalue weighted by atomic mass is 35.5. The van der Waals surface area contributed by atoms with Gasteiger partial charge in [-0.15, -0.1) is 0 Å². The molecule has 1 N–H and O–H groups in total. The lowest BCUT2D eigenvalue weighted by molar-refractivity contribution is -0.122. The standard InChI is InChI=1S/C18H11Cl3N2O4/c1-27-12-5-9(4-10(19)7-12)6-13-16(24)22-18(26)23(17(13)25)11-2-3-14(20)15(21)8-11/h2-8H,1H3,(H,22,24,26)/b13-6+. The molecule has 1 aliphatic rings. The van der Waals surface area contributed by atoms with E-state index in [9.17, 15) is 14.4 Å². The summed E-state index contributed by atoms with van der Waals surface area (Å²) in [5.74, 6) is -1.17. The zero-order valence-corrected chi connectivity index (χ0v) is 16.0. The van der Waals surface area contributed by atoms with Crippen molar-refractivity contribution < 1.29 is 19.1 Å². The number of barbiturate groups is 1. The van der Waals surface area contributed by atoms with Crippen molar-refractivity contribution in [2.24, 2.45) is 0 Å². The summed E-state index contributed by atoms with van der Waals surface area (Å²) >= 11 is 17.8. The largest absolute Gasteiger partial charge is 0.497 e. The Morgan fingerprint density at radius 1 is 1.00 bits per heavy atom. The summed E-state index contributed by atoms with van der Waals surface area (Å²) in [5, 5.41) is 2.92. The van der Waals surface area contributed by atoms with E-state index in [-0.39, 0.29) is 21.3 Å². The number of hydrogen-bond donors (Lipinski definition) is 1. The fraction of sp³-hybridized carbons (Fsp3) is 0.0556. The number of nitrogens with one attached hydrogen (secondary N) is 1. The van der Waals surface area contributed by atoms with Gasteiger partial charge in [0.25, 0.3) is 11.8 Å². The molecule has 2 aromatic rings. The molecule has 0 aliphatic carbocycles. The topological polar surface area (TPSA) is 75.7 Å². The lowest BCUT2D eigenvalue weighted by atomic mass is 10.1. The summed E-state index contributed by atoms with van der Waals surface area (Å²) in [6, 6.07) is 8.10. The normalized spacial score (nSPS) is 15.9. The number of anilines is 1. The molecule has 9 heteroatoms. The number of imide groups is 2. The number of hydrogen-bond acceptors (Lipinski definition) is 4. The fourth-order valence-electron chi connectivity index (χ4n) is 2.47. The third-order valence-electron chi connectivity index (χ3n) is 3.70. The number of rotatable bonds is 3. The fourth-order valence-corrected chi connectivity index (χ4v) is 2.99. The van der Waals surface area contributed by atoms with E-state index in [0.29, 0.717) is 16.3 Å². The van der Waals surface area contributed by atoms with Crippen LogP contribution in [-0.2, 0) is 9.59 Å². The van der Waals surface area contributed by atoms with Crippen LogP contribution < -0.4 is 15.0 Å². The van der Waals surface area contributed by atoms with Gasteiger partial charge in [-0.1, -0.05) is 34.8 Å². The summed E-state index contributed by atoms with van der Waals surface area (Å²) in [6.07, 6.45) is 1.32. The van der Waals surface area contributed by atoms with Gasteiger partial charge in [0.05, 0.1) is 22.8 Å². The molecule has 0 atom stereocenters. The molecule has 0 radical (unpaired) electrons. The van der Waals surface area contributed by atoms with Crippen LogP contribution in [0.25, 0.3) is 6.08 Å². The molecule has 1 saturated heterocycles. The summed E-state index contributed by atoms with van der Waals surface area (Å²) in [5.41, 5.74) is 0.389. The molecule has 4 amide bonds. The number of amides is 4. The minimum absolute atomic E-state index is 0.164. The molecule has 1 heterocycles. The van der Waals surface area contributed by atoms with E-state index in [1.54, 1.807) is 18.2 Å². The third kappa shape index (κ3) is 3.93. The van der Waals surface area contributed by atoms with Crippen LogP contribution in [0.4, 0.5) is 10.5 Å². The Bertz CT molecular complexity index is 1000. The van der Waals surface area contributed by atoms with Gasteiger partial charge in [-0.3, -0.25) is 14.9 Å². The van der Waals surface area contributed by atoms with Gasteiger partial charge in [-0.25, -0.2) is 9.69 Å². The summed E-state index contributed by atoms with van der Waals surface area (Å²) in [7, 11) is 1.46. The first-order valence-corrected chi connectivity index (χ1v) is 8.64. The van der Waals surface area contributed by atoms with Crippen molar-refractivity contribution in [1.29, 1.82) is 0 Å². The van der Waals surface area contributed by atoms with Crippen LogP contribution in [0, 0.1) is 0 Å². The Morgan fingerprint density at radius 3 is 2.41 bits per heavy atom. The SMILES string of the molecule is COc1cc(Cl)cc(/C=C2\C(=O)NC(=O)N(c3ccc(Cl)c(Cl)c3)C2=O)c1. The second-order valence-corrected chi connectivity index (χ2v) is 6.73. The Kier molecular flexibility index (Phi) is 5.41. The van der Waals surface area contributed by atoms with E-state index >= 15 is 0 Å². The molecule has 27 heavy (non-hydrogen) atoms. The molecular weight excluding hydrogens is 415 g/mol. The van der Waals surface area contributed by atoms with Crippen LogP contribution >= 0.6 is 34.8 Å². The Labute approximate surface area is 169 Å². The maximum absolute atomic E-state index is 12.8. The molecule has 0 unspecified atom stereocenters. The number of halogens is 3.